The van der Waals surface area contributed by atoms with Crippen molar-refractivity contribution >= 4 is 31.1 Å². The van der Waals surface area contributed by atoms with E-state index >= 15 is 0 Å². The summed E-state index contributed by atoms with van der Waals surface area (Å²) in [5.74, 6) is 0.808. The Hall–Kier alpha value is -2.09. The van der Waals surface area contributed by atoms with Crippen molar-refractivity contribution in [2.24, 2.45) is 16.6 Å². The SMILES string of the molecule is CC(C)(C)[Si](C)(C)OCCC1CC1N1CCC(N=CC(=CN)c2cnc3ccccc3n2)CC1. The molecule has 2 atom stereocenters. The fourth-order valence-corrected chi connectivity index (χ4v) is 5.58. The number of hydrogen-bond donors (Lipinski definition) is 1. The molecule has 1 aliphatic heterocycles. The minimum Gasteiger partial charge on any atom is -0.417 e. The molecule has 1 aromatic heterocycles. The van der Waals surface area contributed by atoms with E-state index < -0.39 is 8.32 Å². The van der Waals surface area contributed by atoms with E-state index in [1.54, 1.807) is 12.4 Å². The molecule has 2 aliphatic rings. The number of para-hydroxylation sites is 2. The van der Waals surface area contributed by atoms with Gasteiger partial charge >= 0.3 is 0 Å². The van der Waals surface area contributed by atoms with E-state index in [4.69, 9.17) is 20.1 Å². The third-order valence-electron chi connectivity index (χ3n) is 7.96. The Morgan fingerprint density at radius 3 is 2.59 bits per heavy atom. The molecule has 0 bridgehead atoms. The van der Waals surface area contributed by atoms with E-state index in [-0.39, 0.29) is 5.04 Å². The van der Waals surface area contributed by atoms with Gasteiger partial charge in [0.05, 0.1) is 29.0 Å². The Bertz CT molecular complexity index is 1040. The van der Waals surface area contributed by atoms with Gasteiger partial charge in [-0.2, -0.15) is 0 Å². The van der Waals surface area contributed by atoms with Crippen LogP contribution in [-0.2, 0) is 4.43 Å². The summed E-state index contributed by atoms with van der Waals surface area (Å²) in [5.41, 5.74) is 9.25. The molecule has 1 saturated heterocycles. The Morgan fingerprint density at radius 2 is 1.91 bits per heavy atom. The maximum atomic E-state index is 6.40. The molecule has 6 nitrogen and oxygen atoms in total. The number of piperidine rings is 1. The van der Waals surface area contributed by atoms with Gasteiger partial charge in [0, 0.05) is 43.7 Å². The molecule has 2 unspecified atom stereocenters. The monoisotopic (exact) mass is 479 g/mol. The highest BCUT2D eigenvalue weighted by Crippen LogP contribution is 2.41. The number of allylic oxidation sites excluding steroid dienone is 1. The summed E-state index contributed by atoms with van der Waals surface area (Å²) in [6.07, 6.45) is 9.97. The first kappa shape index (κ1) is 25.0. The summed E-state index contributed by atoms with van der Waals surface area (Å²) >= 11 is 0. The predicted octanol–water partition coefficient (Wildman–Crippen LogP) is 5.27. The fourth-order valence-electron chi connectivity index (χ4n) is 4.51. The molecule has 0 radical (unpaired) electrons. The Morgan fingerprint density at radius 1 is 1.21 bits per heavy atom. The van der Waals surface area contributed by atoms with Crippen LogP contribution in [0.3, 0.4) is 0 Å². The first-order valence-corrected chi connectivity index (χ1v) is 15.6. The molecule has 2 fully saturated rings. The number of benzene rings is 1. The maximum absolute atomic E-state index is 6.40. The highest BCUT2D eigenvalue weighted by molar-refractivity contribution is 6.74. The minimum absolute atomic E-state index is 0.290. The summed E-state index contributed by atoms with van der Waals surface area (Å²) in [6, 6.07) is 8.97. The van der Waals surface area contributed by atoms with Crippen molar-refractivity contribution < 1.29 is 4.43 Å². The molecule has 7 heteroatoms. The first-order valence-electron chi connectivity index (χ1n) is 12.7. The molecule has 0 spiro atoms. The average molecular weight is 480 g/mol. The number of nitrogens with two attached hydrogens (primary N) is 1. The van der Waals surface area contributed by atoms with Crippen LogP contribution in [0.25, 0.3) is 16.6 Å². The molecule has 2 aromatic rings. The van der Waals surface area contributed by atoms with Gasteiger partial charge in [-0.25, -0.2) is 4.98 Å². The lowest BCUT2D eigenvalue weighted by Gasteiger charge is -2.36. The highest BCUT2D eigenvalue weighted by Gasteiger charge is 2.43. The van der Waals surface area contributed by atoms with Gasteiger partial charge in [-0.1, -0.05) is 32.9 Å². The molecule has 0 amide bonds. The molecule has 1 aliphatic carbocycles. The van der Waals surface area contributed by atoms with E-state index in [1.807, 2.05) is 30.5 Å². The lowest BCUT2D eigenvalue weighted by molar-refractivity contribution is 0.190. The molecule has 4 rings (SSSR count). The van der Waals surface area contributed by atoms with Crippen LogP contribution < -0.4 is 5.73 Å². The maximum Gasteiger partial charge on any atom is 0.191 e. The lowest BCUT2D eigenvalue weighted by atomic mass is 10.1. The molecular formula is C27H41N5OSi. The largest absolute Gasteiger partial charge is 0.417 e. The number of fused-ring (bicyclic) bond motifs is 1. The summed E-state index contributed by atoms with van der Waals surface area (Å²) in [4.78, 5) is 16.7. The quantitative estimate of drug-likeness (QED) is 0.412. The van der Waals surface area contributed by atoms with Gasteiger partial charge in [0.2, 0.25) is 0 Å². The zero-order valence-corrected chi connectivity index (χ0v) is 22.5. The standard InChI is InChI=1S/C27H41N5OSi/c1-27(2,3)34(4,5)33-15-12-20-16-26(20)32-13-10-22(11-14-32)29-18-21(17-28)25-19-30-23-8-6-7-9-24(23)31-25/h6-9,17-20,22,26H,10-16,28H2,1-5H3. The van der Waals surface area contributed by atoms with Crippen molar-refractivity contribution in [3.05, 3.63) is 42.4 Å². The Labute approximate surface area is 205 Å². The van der Waals surface area contributed by atoms with Gasteiger partial charge in [0.25, 0.3) is 0 Å². The van der Waals surface area contributed by atoms with E-state index in [1.165, 1.54) is 12.8 Å². The molecule has 184 valence electrons. The van der Waals surface area contributed by atoms with E-state index in [0.717, 1.165) is 66.8 Å². The molecular weight excluding hydrogens is 438 g/mol. The summed E-state index contributed by atoms with van der Waals surface area (Å²) in [5, 5.41) is 0.290. The van der Waals surface area contributed by atoms with Gasteiger partial charge in [-0.3, -0.25) is 14.9 Å². The van der Waals surface area contributed by atoms with Crippen molar-refractivity contribution in [1.29, 1.82) is 0 Å². The van der Waals surface area contributed by atoms with Crippen LogP contribution in [0.2, 0.25) is 18.1 Å². The molecule has 34 heavy (non-hydrogen) atoms. The van der Waals surface area contributed by atoms with Crippen LogP contribution in [0.15, 0.2) is 41.7 Å². The number of aromatic nitrogens is 2. The first-order chi connectivity index (χ1) is 16.2. The van der Waals surface area contributed by atoms with Gasteiger partial charge in [-0.15, -0.1) is 0 Å². The second kappa shape index (κ2) is 10.3. The van der Waals surface area contributed by atoms with Crippen molar-refractivity contribution in [2.75, 3.05) is 19.7 Å². The Balaban J connectivity index is 1.22. The normalized spacial score (nSPS) is 23.1. The summed E-state index contributed by atoms with van der Waals surface area (Å²) in [6.45, 7) is 14.8. The summed E-state index contributed by atoms with van der Waals surface area (Å²) < 4.78 is 6.40. The third-order valence-corrected chi connectivity index (χ3v) is 12.5. The topological polar surface area (TPSA) is 76.6 Å². The van der Waals surface area contributed by atoms with E-state index in [0.29, 0.717) is 6.04 Å². The zero-order valence-electron chi connectivity index (χ0n) is 21.5. The van der Waals surface area contributed by atoms with Crippen molar-refractivity contribution in [1.82, 2.24) is 14.9 Å². The molecule has 2 N–H and O–H groups in total. The number of hydrogen-bond acceptors (Lipinski definition) is 6. The van der Waals surface area contributed by atoms with Crippen molar-refractivity contribution in [2.45, 2.75) is 76.7 Å². The van der Waals surface area contributed by atoms with Crippen LogP contribution in [0, 0.1) is 5.92 Å². The predicted molar refractivity (Wildman–Crippen MR) is 144 cm³/mol. The van der Waals surface area contributed by atoms with Gasteiger partial charge in [0.1, 0.15) is 0 Å². The summed E-state index contributed by atoms with van der Waals surface area (Å²) in [7, 11) is -1.63. The lowest BCUT2D eigenvalue weighted by Crippen LogP contribution is -2.41. The average Bonchev–Trinajstić information content (AvgIpc) is 3.58. The number of aliphatic imine (C=N–C) groups is 1. The zero-order chi connectivity index (χ0) is 24.3. The van der Waals surface area contributed by atoms with Gasteiger partial charge in [-0.05, 0) is 61.9 Å². The second-order valence-corrected chi connectivity index (χ2v) is 16.2. The van der Waals surface area contributed by atoms with Crippen LogP contribution in [0.4, 0.5) is 0 Å². The van der Waals surface area contributed by atoms with Crippen LogP contribution in [-0.4, -0.2) is 61.2 Å². The van der Waals surface area contributed by atoms with Crippen LogP contribution >= 0.6 is 0 Å². The van der Waals surface area contributed by atoms with Gasteiger partial charge in [0.15, 0.2) is 8.32 Å². The van der Waals surface area contributed by atoms with Crippen molar-refractivity contribution in [3.63, 3.8) is 0 Å². The molecule has 2 heterocycles. The second-order valence-electron chi connectivity index (χ2n) is 11.4. The minimum atomic E-state index is -1.63. The van der Waals surface area contributed by atoms with Gasteiger partial charge < -0.3 is 10.2 Å². The van der Waals surface area contributed by atoms with E-state index in [9.17, 15) is 0 Å². The van der Waals surface area contributed by atoms with Crippen molar-refractivity contribution in [3.8, 4) is 0 Å². The number of rotatable bonds is 8. The molecule has 1 aromatic carbocycles. The Kier molecular flexibility index (Phi) is 7.55. The highest BCUT2D eigenvalue weighted by atomic mass is 28.4. The van der Waals surface area contributed by atoms with Crippen LogP contribution in [0.5, 0.6) is 0 Å². The third kappa shape index (κ3) is 5.93. The smallest absolute Gasteiger partial charge is 0.191 e. The number of likely N-dealkylation sites (tertiary alicyclic amines) is 1. The van der Waals surface area contributed by atoms with E-state index in [2.05, 4.69) is 43.7 Å². The number of nitrogens with zero attached hydrogens (tertiary/aromatic N) is 4. The molecule has 1 saturated carbocycles. The fraction of sp³-hybridized carbons (Fsp3) is 0.593. The van der Waals surface area contributed by atoms with Crippen LogP contribution in [0.1, 0.15) is 52.1 Å².